The zero-order valence-electron chi connectivity index (χ0n) is 18.2. The third kappa shape index (κ3) is 5.92. The molecule has 2 aromatic rings. The lowest BCUT2D eigenvalue weighted by Crippen LogP contribution is -2.30. The van der Waals surface area contributed by atoms with Gasteiger partial charge in [0.15, 0.2) is 0 Å². The number of amides is 1. The van der Waals surface area contributed by atoms with Gasteiger partial charge < -0.3 is 21.1 Å². The van der Waals surface area contributed by atoms with E-state index in [9.17, 15) is 9.90 Å². The van der Waals surface area contributed by atoms with Gasteiger partial charge in [-0.15, -0.1) is 0 Å². The van der Waals surface area contributed by atoms with Crippen LogP contribution in [-0.2, 0) is 0 Å². The van der Waals surface area contributed by atoms with E-state index in [2.05, 4.69) is 32.8 Å². The Hall–Kier alpha value is -2.67. The fourth-order valence-corrected chi connectivity index (χ4v) is 3.68. The monoisotopic (exact) mass is 411 g/mol. The normalized spacial score (nSPS) is 18.7. The fourth-order valence-electron chi connectivity index (χ4n) is 3.68. The Morgan fingerprint density at radius 3 is 2.67 bits per heavy atom. The van der Waals surface area contributed by atoms with E-state index in [1.165, 1.54) is 0 Å². The molecule has 7 nitrogen and oxygen atoms in total. The van der Waals surface area contributed by atoms with Crippen LogP contribution in [0.4, 0.5) is 17.5 Å². The molecule has 0 saturated heterocycles. The molecule has 0 unspecified atom stereocenters. The number of nitrogens with one attached hydrogen (secondary N) is 3. The first-order chi connectivity index (χ1) is 14.5. The maximum Gasteiger partial charge on any atom is 0.261 e. The number of carbonyl (C=O) groups excluding carboxylic acids is 1. The number of aromatic nitrogens is 2. The summed E-state index contributed by atoms with van der Waals surface area (Å²) >= 11 is 0. The van der Waals surface area contributed by atoms with Crippen LogP contribution in [0.1, 0.15) is 66.9 Å². The minimum Gasteiger partial charge on any atom is -0.393 e. The molecule has 0 spiro atoms. The van der Waals surface area contributed by atoms with E-state index in [1.807, 2.05) is 32.0 Å². The van der Waals surface area contributed by atoms with E-state index >= 15 is 0 Å². The van der Waals surface area contributed by atoms with Crippen LogP contribution in [0.5, 0.6) is 0 Å². The van der Waals surface area contributed by atoms with Crippen molar-refractivity contribution in [1.29, 1.82) is 0 Å². The number of benzene rings is 1. The van der Waals surface area contributed by atoms with Gasteiger partial charge in [-0.3, -0.25) is 4.79 Å². The average Bonchev–Trinajstić information content (AvgIpc) is 2.72. The highest BCUT2D eigenvalue weighted by Gasteiger charge is 2.23. The number of anilines is 3. The molecule has 1 aliphatic rings. The smallest absolute Gasteiger partial charge is 0.261 e. The van der Waals surface area contributed by atoms with Crippen molar-refractivity contribution in [2.75, 3.05) is 22.5 Å². The number of nitrogens with zero attached hydrogens (tertiary/aromatic N) is 2. The predicted octanol–water partition coefficient (Wildman–Crippen LogP) is 4.27. The van der Waals surface area contributed by atoms with Gasteiger partial charge >= 0.3 is 0 Å². The molecular formula is C23H33N5O2. The number of carbonyl (C=O) groups is 1. The van der Waals surface area contributed by atoms with Gasteiger partial charge in [0.25, 0.3) is 5.91 Å². The number of rotatable bonds is 8. The standard InChI is InChI=1S/C23H33N5O2/c1-4-5-12-24-23-25-14-19(21(28-23)26-17-7-9-18(29)10-8-17)22(30)27-20-11-6-15(2)13-16(20)3/h6,11,13-14,17-18,29H,4-5,7-10,12H2,1-3H3,(H,27,30)(H2,24,25,26,28)/t17-,18-. The van der Waals surface area contributed by atoms with Crippen molar-refractivity contribution in [3.05, 3.63) is 41.1 Å². The van der Waals surface area contributed by atoms with Gasteiger partial charge in [0.05, 0.1) is 6.10 Å². The van der Waals surface area contributed by atoms with E-state index in [1.54, 1.807) is 6.20 Å². The van der Waals surface area contributed by atoms with E-state index in [0.29, 0.717) is 17.3 Å². The lowest BCUT2D eigenvalue weighted by atomic mass is 9.93. The first-order valence-corrected chi connectivity index (χ1v) is 10.9. The lowest BCUT2D eigenvalue weighted by Gasteiger charge is -2.27. The second-order valence-electron chi connectivity index (χ2n) is 8.16. The number of hydrogen-bond donors (Lipinski definition) is 4. The van der Waals surface area contributed by atoms with Crippen molar-refractivity contribution in [3.8, 4) is 0 Å². The van der Waals surface area contributed by atoms with Crippen LogP contribution in [0, 0.1) is 13.8 Å². The molecule has 4 N–H and O–H groups in total. The summed E-state index contributed by atoms with van der Waals surface area (Å²) in [5, 5.41) is 19.4. The first-order valence-electron chi connectivity index (χ1n) is 10.9. The molecule has 1 heterocycles. The van der Waals surface area contributed by atoms with Crippen LogP contribution in [0.25, 0.3) is 0 Å². The highest BCUT2D eigenvalue weighted by Crippen LogP contribution is 2.25. The maximum atomic E-state index is 13.0. The van der Waals surface area contributed by atoms with Gasteiger partial charge in [0, 0.05) is 24.5 Å². The lowest BCUT2D eigenvalue weighted by molar-refractivity contribution is 0.102. The molecule has 1 aromatic heterocycles. The summed E-state index contributed by atoms with van der Waals surface area (Å²) in [6.45, 7) is 6.93. The van der Waals surface area contributed by atoms with Gasteiger partial charge in [-0.05, 0) is 57.6 Å². The molecule has 30 heavy (non-hydrogen) atoms. The summed E-state index contributed by atoms with van der Waals surface area (Å²) in [6, 6.07) is 6.12. The molecule has 1 saturated carbocycles. The summed E-state index contributed by atoms with van der Waals surface area (Å²) in [7, 11) is 0. The predicted molar refractivity (Wildman–Crippen MR) is 121 cm³/mol. The van der Waals surface area contributed by atoms with Crippen molar-refractivity contribution in [3.63, 3.8) is 0 Å². The highest BCUT2D eigenvalue weighted by molar-refractivity contribution is 6.07. The molecule has 0 radical (unpaired) electrons. The molecule has 1 amide bonds. The van der Waals surface area contributed by atoms with Gasteiger partial charge in [0.2, 0.25) is 5.95 Å². The van der Waals surface area contributed by atoms with E-state index in [0.717, 1.165) is 61.9 Å². The Balaban J connectivity index is 1.80. The highest BCUT2D eigenvalue weighted by atomic mass is 16.3. The minimum absolute atomic E-state index is 0.180. The molecule has 0 bridgehead atoms. The molecule has 1 fully saturated rings. The maximum absolute atomic E-state index is 13.0. The number of hydrogen-bond acceptors (Lipinski definition) is 6. The van der Waals surface area contributed by atoms with Crippen LogP contribution >= 0.6 is 0 Å². The zero-order valence-corrected chi connectivity index (χ0v) is 18.2. The van der Waals surface area contributed by atoms with Gasteiger partial charge in [-0.25, -0.2) is 4.98 Å². The second-order valence-corrected chi connectivity index (χ2v) is 8.16. The number of aliphatic hydroxyl groups is 1. The molecule has 0 atom stereocenters. The second kappa shape index (κ2) is 10.4. The third-order valence-corrected chi connectivity index (χ3v) is 5.51. The van der Waals surface area contributed by atoms with Crippen LogP contribution in [-0.4, -0.2) is 39.7 Å². The van der Waals surface area contributed by atoms with Gasteiger partial charge in [0.1, 0.15) is 11.4 Å². The summed E-state index contributed by atoms with van der Waals surface area (Å²) in [5.41, 5.74) is 3.36. The Morgan fingerprint density at radius 1 is 1.20 bits per heavy atom. The molecular weight excluding hydrogens is 378 g/mol. The van der Waals surface area contributed by atoms with Crippen LogP contribution in [0.2, 0.25) is 0 Å². The zero-order chi connectivity index (χ0) is 21.5. The Kier molecular flexibility index (Phi) is 7.63. The summed E-state index contributed by atoms with van der Waals surface area (Å²) < 4.78 is 0. The first kappa shape index (κ1) is 22.0. The molecule has 0 aliphatic heterocycles. The Labute approximate surface area is 178 Å². The van der Waals surface area contributed by atoms with E-state index in [-0.39, 0.29) is 18.1 Å². The van der Waals surface area contributed by atoms with E-state index in [4.69, 9.17) is 0 Å². The van der Waals surface area contributed by atoms with E-state index < -0.39 is 0 Å². The minimum atomic E-state index is -0.236. The largest absolute Gasteiger partial charge is 0.393 e. The summed E-state index contributed by atoms with van der Waals surface area (Å²) in [6.07, 6.45) is 6.68. The van der Waals surface area contributed by atoms with Crippen molar-refractivity contribution in [2.45, 2.75) is 71.4 Å². The van der Waals surface area contributed by atoms with Crippen LogP contribution in [0.15, 0.2) is 24.4 Å². The van der Waals surface area contributed by atoms with Crippen LogP contribution in [0.3, 0.4) is 0 Å². The third-order valence-electron chi connectivity index (χ3n) is 5.51. The average molecular weight is 412 g/mol. The van der Waals surface area contributed by atoms with Crippen molar-refractivity contribution in [2.24, 2.45) is 0 Å². The molecule has 1 aromatic carbocycles. The van der Waals surface area contributed by atoms with Crippen molar-refractivity contribution < 1.29 is 9.90 Å². The van der Waals surface area contributed by atoms with Gasteiger partial charge in [-0.1, -0.05) is 31.0 Å². The molecule has 162 valence electrons. The number of aryl methyl sites for hydroxylation is 2. The van der Waals surface area contributed by atoms with Gasteiger partial charge in [-0.2, -0.15) is 4.98 Å². The van der Waals surface area contributed by atoms with Crippen LogP contribution < -0.4 is 16.0 Å². The van der Waals surface area contributed by atoms with Crippen molar-refractivity contribution >= 4 is 23.4 Å². The SMILES string of the molecule is CCCCNc1ncc(C(=O)Nc2ccc(C)cc2C)c(N[C@H]2CC[C@H](O)CC2)n1. The number of aliphatic hydroxyl groups excluding tert-OH is 1. The fraction of sp³-hybridized carbons (Fsp3) is 0.522. The summed E-state index contributed by atoms with van der Waals surface area (Å²) in [5.74, 6) is 0.818. The topological polar surface area (TPSA) is 99.2 Å². The molecule has 7 heteroatoms. The molecule has 1 aliphatic carbocycles. The summed E-state index contributed by atoms with van der Waals surface area (Å²) in [4.78, 5) is 22.0. The van der Waals surface area contributed by atoms with Crippen molar-refractivity contribution in [1.82, 2.24) is 9.97 Å². The molecule has 3 rings (SSSR count). The Morgan fingerprint density at radius 2 is 1.97 bits per heavy atom. The number of unbranched alkanes of at least 4 members (excludes halogenated alkanes) is 1. The Bertz CT molecular complexity index is 863. The quantitative estimate of drug-likeness (QED) is 0.484.